The second-order valence-electron chi connectivity index (χ2n) is 6.88. The van der Waals surface area contributed by atoms with E-state index in [-0.39, 0.29) is 5.56 Å². The number of thioether (sulfide) groups is 1. The first-order valence-electron chi connectivity index (χ1n) is 9.10. The second kappa shape index (κ2) is 7.28. The van der Waals surface area contributed by atoms with Crippen LogP contribution in [-0.2, 0) is 5.75 Å². The number of para-hydroxylation sites is 2. The zero-order valence-electron chi connectivity index (χ0n) is 16.3. The number of fused-ring (bicyclic) bond motifs is 1. The topological polar surface area (TPSA) is 60.9 Å². The average Bonchev–Trinajstić information content (AvgIpc) is 2.99. The molecule has 2 aromatic carbocycles. The van der Waals surface area contributed by atoms with E-state index in [0.717, 1.165) is 33.8 Å². The minimum Gasteiger partial charge on any atom is -0.361 e. The summed E-state index contributed by atoms with van der Waals surface area (Å²) in [4.78, 5) is 18.3. The van der Waals surface area contributed by atoms with E-state index < -0.39 is 0 Å². The highest BCUT2D eigenvalue weighted by molar-refractivity contribution is 7.98. The van der Waals surface area contributed by atoms with Crippen LogP contribution in [0.2, 0.25) is 0 Å². The lowest BCUT2D eigenvalue weighted by Crippen LogP contribution is -2.23. The molecule has 0 fully saturated rings. The highest BCUT2D eigenvalue weighted by Crippen LogP contribution is 2.29. The van der Waals surface area contributed by atoms with Crippen molar-refractivity contribution in [3.8, 4) is 5.69 Å². The molecule has 0 bridgehead atoms. The maximum Gasteiger partial charge on any atom is 0.266 e. The molecule has 0 aliphatic rings. The van der Waals surface area contributed by atoms with E-state index in [0.29, 0.717) is 21.8 Å². The second-order valence-corrected chi connectivity index (χ2v) is 7.83. The van der Waals surface area contributed by atoms with E-state index in [2.05, 4.69) is 5.16 Å². The van der Waals surface area contributed by atoms with E-state index in [1.54, 1.807) is 4.57 Å². The molecule has 0 atom stereocenters. The fourth-order valence-electron chi connectivity index (χ4n) is 3.41. The molecule has 4 aromatic rings. The Morgan fingerprint density at radius 3 is 2.39 bits per heavy atom. The Bertz CT molecular complexity index is 1200. The molecule has 0 aliphatic heterocycles. The van der Waals surface area contributed by atoms with Crippen molar-refractivity contribution in [2.75, 3.05) is 0 Å². The van der Waals surface area contributed by atoms with Crippen LogP contribution in [0, 0.1) is 27.7 Å². The number of aryl methyl sites for hydroxylation is 4. The van der Waals surface area contributed by atoms with Gasteiger partial charge in [0.15, 0.2) is 5.16 Å². The molecule has 4 rings (SSSR count). The van der Waals surface area contributed by atoms with Gasteiger partial charge in [-0.15, -0.1) is 0 Å². The first-order valence-corrected chi connectivity index (χ1v) is 10.1. The Balaban J connectivity index is 1.93. The van der Waals surface area contributed by atoms with Crippen LogP contribution in [0.25, 0.3) is 16.6 Å². The molecule has 5 nitrogen and oxygen atoms in total. The summed E-state index contributed by atoms with van der Waals surface area (Å²) in [5.74, 6) is 1.43. The predicted molar refractivity (Wildman–Crippen MR) is 112 cm³/mol. The van der Waals surface area contributed by atoms with Gasteiger partial charge in [0.05, 0.1) is 22.3 Å². The van der Waals surface area contributed by atoms with Gasteiger partial charge in [0.2, 0.25) is 0 Å². The summed E-state index contributed by atoms with van der Waals surface area (Å²) in [7, 11) is 0. The van der Waals surface area contributed by atoms with Crippen LogP contribution < -0.4 is 5.56 Å². The summed E-state index contributed by atoms with van der Waals surface area (Å²) in [6.45, 7) is 7.88. The fourth-order valence-corrected chi connectivity index (χ4v) is 4.56. The van der Waals surface area contributed by atoms with E-state index in [1.165, 1.54) is 11.8 Å². The van der Waals surface area contributed by atoms with Gasteiger partial charge in [-0.1, -0.05) is 47.3 Å². The molecule has 0 saturated heterocycles. The lowest BCUT2D eigenvalue weighted by molar-refractivity contribution is 0.392. The third kappa shape index (κ3) is 3.14. The van der Waals surface area contributed by atoms with Gasteiger partial charge < -0.3 is 4.52 Å². The molecule has 0 radical (unpaired) electrons. The Morgan fingerprint density at radius 1 is 1.00 bits per heavy atom. The van der Waals surface area contributed by atoms with Crippen molar-refractivity contribution in [3.63, 3.8) is 0 Å². The van der Waals surface area contributed by atoms with Crippen molar-refractivity contribution in [1.29, 1.82) is 0 Å². The summed E-state index contributed by atoms with van der Waals surface area (Å²) in [5.41, 5.74) is 5.54. The molecule has 142 valence electrons. The molecule has 2 aromatic heterocycles. The highest BCUT2D eigenvalue weighted by atomic mass is 32.2. The Morgan fingerprint density at radius 2 is 1.71 bits per heavy atom. The smallest absolute Gasteiger partial charge is 0.266 e. The monoisotopic (exact) mass is 391 g/mol. The number of nitrogens with zero attached hydrogens (tertiary/aromatic N) is 3. The van der Waals surface area contributed by atoms with Crippen LogP contribution in [0.15, 0.2) is 56.9 Å². The number of benzene rings is 2. The van der Waals surface area contributed by atoms with E-state index >= 15 is 0 Å². The average molecular weight is 391 g/mol. The molecule has 6 heteroatoms. The maximum absolute atomic E-state index is 13.4. The van der Waals surface area contributed by atoms with Crippen molar-refractivity contribution >= 4 is 22.7 Å². The fraction of sp³-hybridized carbons (Fsp3) is 0.227. The van der Waals surface area contributed by atoms with Crippen molar-refractivity contribution in [1.82, 2.24) is 14.7 Å². The van der Waals surface area contributed by atoms with Gasteiger partial charge in [-0.3, -0.25) is 9.36 Å². The van der Waals surface area contributed by atoms with Crippen molar-refractivity contribution < 1.29 is 4.52 Å². The van der Waals surface area contributed by atoms with E-state index in [9.17, 15) is 4.79 Å². The first-order chi connectivity index (χ1) is 13.5. The number of hydrogen-bond donors (Lipinski definition) is 0. The van der Waals surface area contributed by atoms with Gasteiger partial charge in [0.25, 0.3) is 5.56 Å². The first kappa shape index (κ1) is 18.5. The van der Waals surface area contributed by atoms with Crippen molar-refractivity contribution in [2.45, 2.75) is 38.6 Å². The molecule has 0 saturated carbocycles. The number of rotatable bonds is 4. The van der Waals surface area contributed by atoms with Crippen LogP contribution in [-0.4, -0.2) is 14.7 Å². The highest BCUT2D eigenvalue weighted by Gasteiger charge is 2.18. The van der Waals surface area contributed by atoms with E-state index in [1.807, 2.05) is 70.2 Å². The van der Waals surface area contributed by atoms with Gasteiger partial charge in [-0.2, -0.15) is 0 Å². The van der Waals surface area contributed by atoms with Crippen LogP contribution in [0.5, 0.6) is 0 Å². The summed E-state index contributed by atoms with van der Waals surface area (Å²) in [6.07, 6.45) is 0. The molecule has 0 aliphatic carbocycles. The van der Waals surface area contributed by atoms with Gasteiger partial charge in [0, 0.05) is 11.3 Å². The molecular weight excluding hydrogens is 370 g/mol. The summed E-state index contributed by atoms with van der Waals surface area (Å²) in [5, 5.41) is 5.31. The normalized spacial score (nSPS) is 11.3. The molecule has 0 spiro atoms. The van der Waals surface area contributed by atoms with Crippen LogP contribution >= 0.6 is 11.8 Å². The number of hydrogen-bond acceptors (Lipinski definition) is 5. The molecule has 2 heterocycles. The zero-order chi connectivity index (χ0) is 19.8. The van der Waals surface area contributed by atoms with E-state index in [4.69, 9.17) is 9.51 Å². The van der Waals surface area contributed by atoms with Crippen molar-refractivity contribution in [2.24, 2.45) is 0 Å². The molecule has 28 heavy (non-hydrogen) atoms. The minimum atomic E-state index is -0.0516. The van der Waals surface area contributed by atoms with Crippen LogP contribution in [0.4, 0.5) is 0 Å². The minimum absolute atomic E-state index is 0.0516. The maximum atomic E-state index is 13.4. The Labute approximate surface area is 167 Å². The van der Waals surface area contributed by atoms with Gasteiger partial charge in [-0.05, 0) is 51.0 Å². The molecule has 0 unspecified atom stereocenters. The standard InChI is InChI=1S/C22H21N3O2S/c1-13-8-7-9-14(2)20(13)25-21(26)17-10-5-6-11-19(17)23-22(25)28-12-18-15(3)24-27-16(18)4/h5-11H,12H2,1-4H3. The van der Waals surface area contributed by atoms with Crippen LogP contribution in [0.3, 0.4) is 0 Å². The Hall–Kier alpha value is -2.86. The SMILES string of the molecule is Cc1cccc(C)c1-n1c(SCc2c(C)noc2C)nc2ccccc2c1=O. The predicted octanol–water partition coefficient (Wildman–Crippen LogP) is 4.90. The van der Waals surface area contributed by atoms with Gasteiger partial charge >= 0.3 is 0 Å². The summed E-state index contributed by atoms with van der Waals surface area (Å²) in [6, 6.07) is 13.5. The lowest BCUT2D eigenvalue weighted by Gasteiger charge is -2.17. The third-order valence-corrected chi connectivity index (χ3v) is 5.90. The van der Waals surface area contributed by atoms with Crippen molar-refractivity contribution in [3.05, 3.63) is 81.0 Å². The third-order valence-electron chi connectivity index (χ3n) is 4.93. The quantitative estimate of drug-likeness (QED) is 0.366. The molecule has 0 amide bonds. The van der Waals surface area contributed by atoms with Gasteiger partial charge in [-0.25, -0.2) is 4.98 Å². The van der Waals surface area contributed by atoms with Crippen LogP contribution in [0.1, 0.15) is 28.1 Å². The zero-order valence-corrected chi connectivity index (χ0v) is 17.1. The summed E-state index contributed by atoms with van der Waals surface area (Å²) >= 11 is 1.53. The Kier molecular flexibility index (Phi) is 4.81. The molecule has 0 N–H and O–H groups in total. The molecular formula is C22H21N3O2S. The summed E-state index contributed by atoms with van der Waals surface area (Å²) < 4.78 is 7.02. The number of aromatic nitrogens is 3. The largest absolute Gasteiger partial charge is 0.361 e. The lowest BCUT2D eigenvalue weighted by atomic mass is 10.1. The van der Waals surface area contributed by atoms with Gasteiger partial charge in [0.1, 0.15) is 5.76 Å².